The van der Waals surface area contributed by atoms with Crippen molar-refractivity contribution >= 4 is 15.0 Å². The normalized spacial score (nSPS) is 24.5. The Labute approximate surface area is 128 Å². The molecule has 102 valence electrons. The standard InChI is InChI=1S/C19H20Se/c1-15-13-14-16(2)20-19(15,17-9-5-3-6-10-17)18-11-7-4-8-12-18/h3-16H,1-2H3/t15-,16+/m0/s1. The summed E-state index contributed by atoms with van der Waals surface area (Å²) in [4.78, 5) is 0.680. The molecule has 0 spiro atoms. The SMILES string of the molecule is C[C@@H]1C=C[C@H](C)C(c2ccccc2)(c2ccccc2)[Se]1. The fourth-order valence-electron chi connectivity index (χ4n) is 3.10. The van der Waals surface area contributed by atoms with Crippen LogP contribution in [-0.4, -0.2) is 15.0 Å². The number of benzene rings is 2. The van der Waals surface area contributed by atoms with Gasteiger partial charge in [0.05, 0.1) is 0 Å². The van der Waals surface area contributed by atoms with E-state index >= 15 is 0 Å². The van der Waals surface area contributed by atoms with Crippen molar-refractivity contribution in [3.63, 3.8) is 0 Å². The second kappa shape index (κ2) is 5.60. The number of hydrogen-bond donors (Lipinski definition) is 0. The van der Waals surface area contributed by atoms with Gasteiger partial charge < -0.3 is 0 Å². The van der Waals surface area contributed by atoms with Gasteiger partial charge in [0.15, 0.2) is 0 Å². The molecule has 0 radical (unpaired) electrons. The monoisotopic (exact) mass is 328 g/mol. The summed E-state index contributed by atoms with van der Waals surface area (Å²) < 4.78 is 0.170. The quantitative estimate of drug-likeness (QED) is 0.556. The maximum absolute atomic E-state index is 2.41. The first kappa shape index (κ1) is 13.7. The molecule has 0 fully saturated rings. The van der Waals surface area contributed by atoms with E-state index in [2.05, 4.69) is 86.7 Å². The average Bonchev–Trinajstić information content (AvgIpc) is 2.51. The van der Waals surface area contributed by atoms with Crippen molar-refractivity contribution in [2.45, 2.75) is 23.0 Å². The molecule has 20 heavy (non-hydrogen) atoms. The molecule has 0 nitrogen and oxygen atoms in total. The summed E-state index contributed by atoms with van der Waals surface area (Å²) in [5.41, 5.74) is 2.94. The molecule has 2 atom stereocenters. The fourth-order valence-corrected chi connectivity index (χ4v) is 6.44. The zero-order valence-corrected chi connectivity index (χ0v) is 13.7. The molecule has 0 aliphatic carbocycles. The van der Waals surface area contributed by atoms with Crippen molar-refractivity contribution in [1.82, 2.24) is 0 Å². The minimum atomic E-state index is 0.170. The summed E-state index contributed by atoms with van der Waals surface area (Å²) >= 11 is 0.518. The molecule has 2 aromatic rings. The molecule has 2 aromatic carbocycles. The van der Waals surface area contributed by atoms with Gasteiger partial charge in [-0.2, -0.15) is 0 Å². The van der Waals surface area contributed by atoms with Gasteiger partial charge in [-0.15, -0.1) is 0 Å². The van der Waals surface area contributed by atoms with Crippen LogP contribution in [0.25, 0.3) is 0 Å². The van der Waals surface area contributed by atoms with Crippen LogP contribution in [0.15, 0.2) is 72.8 Å². The van der Waals surface area contributed by atoms with Crippen LogP contribution >= 0.6 is 0 Å². The summed E-state index contributed by atoms with van der Waals surface area (Å²) in [5, 5.41) is 0. The second-order valence-corrected chi connectivity index (χ2v) is 8.87. The molecule has 0 saturated heterocycles. The summed E-state index contributed by atoms with van der Waals surface area (Å²) in [6, 6.07) is 22.1. The van der Waals surface area contributed by atoms with E-state index in [-0.39, 0.29) is 4.31 Å². The molecule has 0 saturated carbocycles. The minimum absolute atomic E-state index is 0.170. The van der Waals surface area contributed by atoms with Crippen LogP contribution < -0.4 is 0 Å². The van der Waals surface area contributed by atoms with Crippen molar-refractivity contribution in [3.05, 3.63) is 83.9 Å². The molecule has 1 heterocycles. The summed E-state index contributed by atoms with van der Waals surface area (Å²) in [6.45, 7) is 4.72. The molecule has 0 unspecified atom stereocenters. The van der Waals surface area contributed by atoms with Gasteiger partial charge in [0.25, 0.3) is 0 Å². The van der Waals surface area contributed by atoms with E-state index < -0.39 is 0 Å². The summed E-state index contributed by atoms with van der Waals surface area (Å²) in [7, 11) is 0. The van der Waals surface area contributed by atoms with Crippen LogP contribution in [0.4, 0.5) is 0 Å². The number of allylic oxidation sites excluding steroid dienone is 2. The van der Waals surface area contributed by atoms with Gasteiger partial charge in [0.2, 0.25) is 0 Å². The molecule has 0 aromatic heterocycles. The van der Waals surface area contributed by atoms with Crippen LogP contribution in [0.2, 0.25) is 4.82 Å². The number of hydrogen-bond acceptors (Lipinski definition) is 0. The van der Waals surface area contributed by atoms with Crippen molar-refractivity contribution in [2.24, 2.45) is 5.92 Å². The van der Waals surface area contributed by atoms with Gasteiger partial charge in [0.1, 0.15) is 0 Å². The van der Waals surface area contributed by atoms with Crippen LogP contribution in [0, 0.1) is 5.92 Å². The Kier molecular flexibility index (Phi) is 3.83. The first-order valence-corrected chi connectivity index (χ1v) is 9.05. The first-order valence-electron chi connectivity index (χ1n) is 7.20. The third-order valence-electron chi connectivity index (χ3n) is 4.09. The van der Waals surface area contributed by atoms with Gasteiger partial charge in [-0.1, -0.05) is 0 Å². The third-order valence-corrected chi connectivity index (χ3v) is 7.75. The van der Waals surface area contributed by atoms with Gasteiger partial charge in [0, 0.05) is 0 Å². The first-order chi connectivity index (χ1) is 9.73. The van der Waals surface area contributed by atoms with Crippen molar-refractivity contribution in [2.75, 3.05) is 0 Å². The summed E-state index contributed by atoms with van der Waals surface area (Å²) in [5.74, 6) is 0.545. The zero-order chi connectivity index (χ0) is 14.0. The molecular weight excluding hydrogens is 307 g/mol. The van der Waals surface area contributed by atoms with E-state index in [0.29, 0.717) is 25.7 Å². The van der Waals surface area contributed by atoms with E-state index in [1.807, 2.05) is 0 Å². The van der Waals surface area contributed by atoms with Crippen LogP contribution in [0.5, 0.6) is 0 Å². The van der Waals surface area contributed by atoms with Crippen molar-refractivity contribution < 1.29 is 0 Å². The van der Waals surface area contributed by atoms with E-state index in [9.17, 15) is 0 Å². The van der Waals surface area contributed by atoms with E-state index in [4.69, 9.17) is 0 Å². The van der Waals surface area contributed by atoms with Crippen LogP contribution in [-0.2, 0) is 4.31 Å². The molecule has 1 aliphatic rings. The zero-order valence-electron chi connectivity index (χ0n) is 12.0. The van der Waals surface area contributed by atoms with Crippen LogP contribution in [0.3, 0.4) is 0 Å². The van der Waals surface area contributed by atoms with Gasteiger partial charge in [-0.25, -0.2) is 0 Å². The van der Waals surface area contributed by atoms with Crippen molar-refractivity contribution in [3.8, 4) is 0 Å². The van der Waals surface area contributed by atoms with Gasteiger partial charge in [-0.05, 0) is 0 Å². The molecular formula is C19H20Se. The topological polar surface area (TPSA) is 0 Å². The van der Waals surface area contributed by atoms with E-state index in [1.54, 1.807) is 0 Å². The van der Waals surface area contributed by atoms with Crippen molar-refractivity contribution in [1.29, 1.82) is 0 Å². The van der Waals surface area contributed by atoms with Gasteiger partial charge >= 0.3 is 128 Å². The Morgan fingerprint density at radius 1 is 0.750 bits per heavy atom. The summed E-state index contributed by atoms with van der Waals surface area (Å²) in [6.07, 6.45) is 4.81. The Hall–Kier alpha value is -1.30. The maximum atomic E-state index is 2.41. The molecule has 0 N–H and O–H groups in total. The van der Waals surface area contributed by atoms with Gasteiger partial charge in [-0.3, -0.25) is 0 Å². The predicted octanol–water partition coefficient (Wildman–Crippen LogP) is 4.65. The predicted molar refractivity (Wildman–Crippen MR) is 87.1 cm³/mol. The third kappa shape index (κ3) is 2.26. The Balaban J connectivity index is 2.21. The second-order valence-electron chi connectivity index (χ2n) is 5.46. The molecule has 1 aliphatic heterocycles. The molecule has 0 bridgehead atoms. The number of rotatable bonds is 2. The fraction of sp³-hybridized carbons (Fsp3) is 0.263. The average molecular weight is 327 g/mol. The van der Waals surface area contributed by atoms with Crippen LogP contribution in [0.1, 0.15) is 25.0 Å². The molecule has 0 amide bonds. The Morgan fingerprint density at radius 2 is 1.25 bits per heavy atom. The Bertz CT molecular complexity index is 546. The molecule has 1 heteroatoms. The van der Waals surface area contributed by atoms with E-state index in [0.717, 1.165) is 0 Å². The molecule has 3 rings (SSSR count). The van der Waals surface area contributed by atoms with E-state index in [1.165, 1.54) is 11.1 Å². The Morgan fingerprint density at radius 3 is 1.75 bits per heavy atom.